The molecule has 6 nitrogen and oxygen atoms in total. The van der Waals surface area contributed by atoms with Crippen molar-refractivity contribution >= 4 is 5.91 Å². The molecule has 0 bridgehead atoms. The summed E-state index contributed by atoms with van der Waals surface area (Å²) in [4.78, 5) is 16.0. The van der Waals surface area contributed by atoms with Crippen molar-refractivity contribution in [2.75, 3.05) is 6.61 Å². The summed E-state index contributed by atoms with van der Waals surface area (Å²) in [6.07, 6.45) is -2.91. The average Bonchev–Trinajstić information content (AvgIpc) is 3.29. The van der Waals surface area contributed by atoms with Gasteiger partial charge in [0, 0.05) is 29.9 Å². The third kappa shape index (κ3) is 4.37. The molecular formula is C21H18F4N4O2. The summed E-state index contributed by atoms with van der Waals surface area (Å²) >= 11 is 0. The number of hydrogen-bond donors (Lipinski definition) is 1. The minimum atomic E-state index is -4.56. The maximum atomic E-state index is 13.8. The lowest BCUT2D eigenvalue weighted by molar-refractivity contribution is -0.141. The molecule has 0 aliphatic carbocycles. The Balaban J connectivity index is 1.55. The highest BCUT2D eigenvalue weighted by atomic mass is 19.4. The van der Waals surface area contributed by atoms with Gasteiger partial charge in [-0.15, -0.1) is 0 Å². The number of rotatable bonds is 5. The highest BCUT2D eigenvalue weighted by Crippen LogP contribution is 2.33. The van der Waals surface area contributed by atoms with Crippen molar-refractivity contribution in [3.05, 3.63) is 65.4 Å². The first kappa shape index (κ1) is 20.8. The molecule has 1 amide bonds. The molecule has 1 aromatic carbocycles. The van der Waals surface area contributed by atoms with Gasteiger partial charge in [0.15, 0.2) is 0 Å². The number of pyridine rings is 1. The van der Waals surface area contributed by atoms with E-state index in [1.807, 2.05) is 0 Å². The molecule has 0 unspecified atom stereocenters. The Morgan fingerprint density at radius 1 is 1.26 bits per heavy atom. The van der Waals surface area contributed by atoms with Crippen molar-refractivity contribution in [1.29, 1.82) is 0 Å². The van der Waals surface area contributed by atoms with Gasteiger partial charge in [-0.05, 0) is 43.7 Å². The second kappa shape index (κ2) is 8.01. The fourth-order valence-corrected chi connectivity index (χ4v) is 3.51. The molecule has 1 aliphatic rings. The van der Waals surface area contributed by atoms with Crippen LogP contribution in [0.4, 0.5) is 17.6 Å². The molecule has 0 radical (unpaired) electrons. The zero-order chi connectivity index (χ0) is 22.2. The Bertz CT molecular complexity index is 1130. The SMILES string of the molecule is CCOc1cc(F)cc(C(=O)N[C@H]2CCn3nc(-c4ccnc(C(F)(F)F)c4)cc32)c1. The van der Waals surface area contributed by atoms with Crippen LogP contribution in [-0.4, -0.2) is 27.3 Å². The van der Waals surface area contributed by atoms with Crippen LogP contribution >= 0.6 is 0 Å². The van der Waals surface area contributed by atoms with Gasteiger partial charge in [-0.2, -0.15) is 18.3 Å². The summed E-state index contributed by atoms with van der Waals surface area (Å²) in [5.74, 6) is -0.817. The molecule has 0 saturated carbocycles. The van der Waals surface area contributed by atoms with Gasteiger partial charge >= 0.3 is 6.18 Å². The number of hydrogen-bond acceptors (Lipinski definition) is 4. The van der Waals surface area contributed by atoms with E-state index >= 15 is 0 Å². The highest BCUT2D eigenvalue weighted by Gasteiger charge is 2.33. The number of aryl methyl sites for hydroxylation is 1. The largest absolute Gasteiger partial charge is 0.494 e. The lowest BCUT2D eigenvalue weighted by atomic mass is 10.1. The van der Waals surface area contributed by atoms with E-state index in [0.717, 1.165) is 18.3 Å². The van der Waals surface area contributed by atoms with Crippen molar-refractivity contribution < 1.29 is 27.1 Å². The Labute approximate surface area is 174 Å². The molecule has 1 atom stereocenters. The number of aromatic nitrogens is 3. The molecule has 0 spiro atoms. The first-order chi connectivity index (χ1) is 14.7. The standard InChI is InChI=1S/C21H18F4N4O2/c1-2-31-15-8-13(7-14(22)10-15)20(30)27-16-4-6-29-18(16)11-17(28-29)12-3-5-26-19(9-12)21(23,24)25/h3,5,7-11,16H,2,4,6H2,1H3,(H,27,30)/t16-/m0/s1. The lowest BCUT2D eigenvalue weighted by Crippen LogP contribution is -2.27. The van der Waals surface area contributed by atoms with Crippen LogP contribution in [0.25, 0.3) is 11.3 Å². The fourth-order valence-electron chi connectivity index (χ4n) is 3.51. The van der Waals surface area contributed by atoms with Crippen molar-refractivity contribution in [1.82, 2.24) is 20.1 Å². The van der Waals surface area contributed by atoms with Gasteiger partial charge in [-0.1, -0.05) is 0 Å². The molecule has 0 saturated heterocycles. The summed E-state index contributed by atoms with van der Waals surface area (Å²) in [6, 6.07) is 7.39. The van der Waals surface area contributed by atoms with E-state index in [4.69, 9.17) is 4.74 Å². The van der Waals surface area contributed by atoms with Crippen molar-refractivity contribution in [3.63, 3.8) is 0 Å². The molecule has 4 rings (SSSR count). The van der Waals surface area contributed by atoms with Gasteiger partial charge in [0.1, 0.15) is 17.3 Å². The van der Waals surface area contributed by atoms with Gasteiger partial charge in [0.25, 0.3) is 5.91 Å². The van der Waals surface area contributed by atoms with Crippen LogP contribution in [0.3, 0.4) is 0 Å². The number of halogens is 4. The Kier molecular flexibility index (Phi) is 5.38. The molecule has 162 valence electrons. The first-order valence-electron chi connectivity index (χ1n) is 9.60. The van der Waals surface area contributed by atoms with E-state index in [0.29, 0.717) is 31.0 Å². The van der Waals surface area contributed by atoms with Crippen LogP contribution in [0.15, 0.2) is 42.6 Å². The third-order valence-electron chi connectivity index (χ3n) is 4.89. The number of carbonyl (C=O) groups excluding carboxylic acids is 1. The summed E-state index contributed by atoms with van der Waals surface area (Å²) < 4.78 is 59.6. The van der Waals surface area contributed by atoms with Gasteiger partial charge in [0.05, 0.1) is 24.0 Å². The minimum Gasteiger partial charge on any atom is -0.494 e. The van der Waals surface area contributed by atoms with Gasteiger partial charge in [0.2, 0.25) is 0 Å². The number of alkyl halides is 3. The maximum absolute atomic E-state index is 13.8. The number of fused-ring (bicyclic) bond motifs is 1. The summed E-state index contributed by atoms with van der Waals surface area (Å²) in [6.45, 7) is 2.58. The van der Waals surface area contributed by atoms with Crippen molar-refractivity contribution in [3.8, 4) is 17.0 Å². The number of carbonyl (C=O) groups is 1. The second-order valence-electron chi connectivity index (χ2n) is 7.03. The summed E-state index contributed by atoms with van der Waals surface area (Å²) in [5.41, 5.74) is 0.409. The summed E-state index contributed by atoms with van der Waals surface area (Å²) in [7, 11) is 0. The quantitative estimate of drug-likeness (QED) is 0.606. The van der Waals surface area contributed by atoms with E-state index in [2.05, 4.69) is 15.4 Å². The van der Waals surface area contributed by atoms with Gasteiger partial charge in [-0.25, -0.2) is 4.39 Å². The molecule has 3 aromatic rings. The predicted molar refractivity (Wildman–Crippen MR) is 103 cm³/mol. The van der Waals surface area contributed by atoms with Crippen LogP contribution in [0, 0.1) is 5.82 Å². The summed E-state index contributed by atoms with van der Waals surface area (Å²) in [5, 5.41) is 7.19. The molecule has 0 fully saturated rings. The topological polar surface area (TPSA) is 69.0 Å². The molecule has 3 heterocycles. The minimum absolute atomic E-state index is 0.116. The smallest absolute Gasteiger partial charge is 0.433 e. The Hall–Kier alpha value is -3.43. The number of benzene rings is 1. The number of nitrogens with one attached hydrogen (secondary N) is 1. The number of ether oxygens (including phenoxy) is 1. The van der Waals surface area contributed by atoms with Crippen LogP contribution < -0.4 is 10.1 Å². The van der Waals surface area contributed by atoms with Crippen molar-refractivity contribution in [2.45, 2.75) is 32.1 Å². The molecular weight excluding hydrogens is 416 g/mol. The average molecular weight is 434 g/mol. The maximum Gasteiger partial charge on any atom is 0.433 e. The van der Waals surface area contributed by atoms with E-state index in [-0.39, 0.29) is 16.9 Å². The van der Waals surface area contributed by atoms with Crippen LogP contribution in [-0.2, 0) is 12.7 Å². The molecule has 10 heteroatoms. The van der Waals surface area contributed by atoms with E-state index in [1.54, 1.807) is 17.7 Å². The monoisotopic (exact) mass is 434 g/mol. The third-order valence-corrected chi connectivity index (χ3v) is 4.89. The van der Waals surface area contributed by atoms with E-state index in [1.165, 1.54) is 18.2 Å². The first-order valence-corrected chi connectivity index (χ1v) is 9.60. The molecule has 1 N–H and O–H groups in total. The molecule has 2 aromatic heterocycles. The fraction of sp³-hybridized carbons (Fsp3) is 0.286. The molecule has 1 aliphatic heterocycles. The predicted octanol–water partition coefficient (Wildman–Crippen LogP) is 4.38. The second-order valence-corrected chi connectivity index (χ2v) is 7.03. The Morgan fingerprint density at radius 3 is 2.81 bits per heavy atom. The van der Waals surface area contributed by atoms with Gasteiger partial charge < -0.3 is 10.1 Å². The normalized spacial score (nSPS) is 15.6. The van der Waals surface area contributed by atoms with E-state index < -0.39 is 29.6 Å². The lowest BCUT2D eigenvalue weighted by Gasteiger charge is -2.13. The zero-order valence-electron chi connectivity index (χ0n) is 16.4. The van der Waals surface area contributed by atoms with Crippen LogP contribution in [0.1, 0.15) is 41.1 Å². The van der Waals surface area contributed by atoms with Crippen molar-refractivity contribution in [2.24, 2.45) is 0 Å². The van der Waals surface area contributed by atoms with Crippen LogP contribution in [0.5, 0.6) is 5.75 Å². The number of amides is 1. The highest BCUT2D eigenvalue weighted by molar-refractivity contribution is 5.94. The van der Waals surface area contributed by atoms with Crippen LogP contribution in [0.2, 0.25) is 0 Å². The van der Waals surface area contributed by atoms with E-state index in [9.17, 15) is 22.4 Å². The van der Waals surface area contributed by atoms with Gasteiger partial charge in [-0.3, -0.25) is 14.5 Å². The zero-order valence-corrected chi connectivity index (χ0v) is 16.4. The number of nitrogens with zero attached hydrogens (tertiary/aromatic N) is 3. The molecule has 31 heavy (non-hydrogen) atoms. The Morgan fingerprint density at radius 2 is 2.06 bits per heavy atom.